The van der Waals surface area contributed by atoms with E-state index in [4.69, 9.17) is 0 Å². The van der Waals surface area contributed by atoms with E-state index in [1.54, 1.807) is 10.6 Å². The van der Waals surface area contributed by atoms with Crippen molar-refractivity contribution in [3.05, 3.63) is 65.4 Å². The Balaban J connectivity index is 1.92. The maximum atomic E-state index is 13.6. The summed E-state index contributed by atoms with van der Waals surface area (Å²) in [6.07, 6.45) is 4.18. The van der Waals surface area contributed by atoms with Crippen LogP contribution in [-0.2, 0) is 6.42 Å². The number of carbonyl (C=O) groups is 1. The lowest BCUT2D eigenvalue weighted by molar-refractivity contribution is 0.102. The summed E-state index contributed by atoms with van der Waals surface area (Å²) in [6, 6.07) is 8.37. The molecule has 2 heterocycles. The molecule has 1 aromatic carbocycles. The number of amides is 1. The van der Waals surface area contributed by atoms with Crippen molar-refractivity contribution in [1.82, 2.24) is 9.38 Å². The zero-order chi connectivity index (χ0) is 15.7. The number of aryl methyl sites for hydroxylation is 1. The maximum Gasteiger partial charge on any atom is 0.275 e. The molecule has 22 heavy (non-hydrogen) atoms. The monoisotopic (exact) mass is 297 g/mol. The zero-order valence-corrected chi connectivity index (χ0v) is 12.4. The molecule has 3 aromatic rings. The minimum Gasteiger partial charge on any atom is -0.320 e. The molecule has 0 radical (unpaired) electrons. The minimum atomic E-state index is -0.354. The van der Waals surface area contributed by atoms with E-state index in [0.29, 0.717) is 23.4 Å². The normalized spacial score (nSPS) is 10.9. The second-order valence-corrected chi connectivity index (χ2v) is 5.14. The third-order valence-corrected chi connectivity index (χ3v) is 3.71. The third-order valence-electron chi connectivity index (χ3n) is 3.71. The van der Waals surface area contributed by atoms with E-state index in [1.165, 1.54) is 12.1 Å². The van der Waals surface area contributed by atoms with Gasteiger partial charge in [0.15, 0.2) is 0 Å². The van der Waals surface area contributed by atoms with Crippen LogP contribution >= 0.6 is 0 Å². The van der Waals surface area contributed by atoms with Gasteiger partial charge in [0.05, 0.1) is 0 Å². The maximum absolute atomic E-state index is 13.6. The average Bonchev–Trinajstić information content (AvgIpc) is 2.94. The third kappa shape index (κ3) is 2.57. The van der Waals surface area contributed by atoms with E-state index in [2.05, 4.69) is 10.3 Å². The van der Waals surface area contributed by atoms with E-state index < -0.39 is 0 Å². The quantitative estimate of drug-likeness (QED) is 0.803. The van der Waals surface area contributed by atoms with Crippen molar-refractivity contribution in [3.63, 3.8) is 0 Å². The Bertz CT molecular complexity index is 821. The Morgan fingerprint density at radius 1 is 1.36 bits per heavy atom. The Labute approximate surface area is 127 Å². The molecule has 0 fully saturated rings. The van der Waals surface area contributed by atoms with Crippen LogP contribution in [-0.4, -0.2) is 15.3 Å². The molecule has 0 aliphatic rings. The Hall–Kier alpha value is -2.69. The number of anilines is 1. The number of hydrogen-bond donors (Lipinski definition) is 1. The number of carbonyl (C=O) groups excluding carboxylic acids is 1. The summed E-state index contributed by atoms with van der Waals surface area (Å²) in [5.41, 5.74) is 3.23. The van der Waals surface area contributed by atoms with E-state index in [9.17, 15) is 9.18 Å². The second kappa shape index (κ2) is 5.60. The van der Waals surface area contributed by atoms with E-state index >= 15 is 0 Å². The molecule has 0 bridgehead atoms. The van der Waals surface area contributed by atoms with Crippen LogP contribution in [0.4, 0.5) is 10.1 Å². The molecule has 0 atom stereocenters. The summed E-state index contributed by atoms with van der Waals surface area (Å²) in [7, 11) is 0. The van der Waals surface area contributed by atoms with Gasteiger partial charge in [0.25, 0.3) is 5.91 Å². The van der Waals surface area contributed by atoms with Gasteiger partial charge in [0.1, 0.15) is 17.2 Å². The summed E-state index contributed by atoms with van der Waals surface area (Å²) in [5.74, 6) is -0.702. The molecule has 0 saturated carbocycles. The second-order valence-electron chi connectivity index (χ2n) is 5.14. The molecule has 0 unspecified atom stereocenters. The summed E-state index contributed by atoms with van der Waals surface area (Å²) < 4.78 is 15.4. The van der Waals surface area contributed by atoms with Gasteiger partial charge in [-0.25, -0.2) is 9.37 Å². The first-order valence-electron chi connectivity index (χ1n) is 7.12. The Morgan fingerprint density at radius 2 is 2.18 bits per heavy atom. The SMILES string of the molecule is CCc1cc(F)cc(NC(=O)c2cn3ccccc3n2)c1C. The predicted molar refractivity (Wildman–Crippen MR) is 83.7 cm³/mol. The zero-order valence-electron chi connectivity index (χ0n) is 12.4. The molecular weight excluding hydrogens is 281 g/mol. The molecule has 4 nitrogen and oxygen atoms in total. The van der Waals surface area contributed by atoms with Crippen molar-refractivity contribution in [1.29, 1.82) is 0 Å². The fourth-order valence-corrected chi connectivity index (χ4v) is 2.46. The van der Waals surface area contributed by atoms with E-state index in [-0.39, 0.29) is 11.7 Å². The van der Waals surface area contributed by atoms with Crippen LogP contribution in [0.2, 0.25) is 0 Å². The predicted octanol–water partition coefficient (Wildman–Crippen LogP) is 3.60. The van der Waals surface area contributed by atoms with Crippen molar-refractivity contribution in [3.8, 4) is 0 Å². The molecule has 1 N–H and O–H groups in total. The van der Waals surface area contributed by atoms with Crippen LogP contribution < -0.4 is 5.32 Å². The van der Waals surface area contributed by atoms with Crippen molar-refractivity contribution in [2.75, 3.05) is 5.32 Å². The van der Waals surface area contributed by atoms with Crippen molar-refractivity contribution >= 4 is 17.2 Å². The fraction of sp³-hybridized carbons (Fsp3) is 0.176. The van der Waals surface area contributed by atoms with Crippen molar-refractivity contribution in [2.24, 2.45) is 0 Å². The van der Waals surface area contributed by atoms with Crippen LogP contribution in [0.1, 0.15) is 28.5 Å². The van der Waals surface area contributed by atoms with Crippen LogP contribution in [0.3, 0.4) is 0 Å². The van der Waals surface area contributed by atoms with Crippen molar-refractivity contribution in [2.45, 2.75) is 20.3 Å². The van der Waals surface area contributed by atoms with Gasteiger partial charge in [0.2, 0.25) is 0 Å². The molecule has 1 amide bonds. The number of fused-ring (bicyclic) bond motifs is 1. The van der Waals surface area contributed by atoms with Gasteiger partial charge in [-0.05, 0) is 48.7 Å². The summed E-state index contributed by atoms with van der Waals surface area (Å²) in [6.45, 7) is 3.83. The number of imidazole rings is 1. The number of hydrogen-bond acceptors (Lipinski definition) is 2. The summed E-state index contributed by atoms with van der Waals surface area (Å²) >= 11 is 0. The lowest BCUT2D eigenvalue weighted by atomic mass is 10.0. The van der Waals surface area contributed by atoms with E-state index in [1.807, 2.05) is 38.2 Å². The van der Waals surface area contributed by atoms with Gasteiger partial charge in [-0.3, -0.25) is 4.79 Å². The Morgan fingerprint density at radius 3 is 2.91 bits per heavy atom. The number of nitrogens with one attached hydrogen (secondary N) is 1. The number of pyridine rings is 1. The van der Waals surface area contributed by atoms with E-state index in [0.717, 1.165) is 11.1 Å². The highest BCUT2D eigenvalue weighted by Gasteiger charge is 2.14. The smallest absolute Gasteiger partial charge is 0.275 e. The first kappa shape index (κ1) is 14.3. The number of nitrogens with zero attached hydrogens (tertiary/aromatic N) is 2. The Kier molecular flexibility index (Phi) is 3.63. The molecule has 3 rings (SSSR count). The molecule has 112 valence electrons. The molecule has 0 saturated heterocycles. The van der Waals surface area contributed by atoms with Crippen molar-refractivity contribution < 1.29 is 9.18 Å². The van der Waals surface area contributed by atoms with Crippen LogP contribution in [0.25, 0.3) is 5.65 Å². The number of benzene rings is 1. The highest BCUT2D eigenvalue weighted by Crippen LogP contribution is 2.22. The first-order valence-corrected chi connectivity index (χ1v) is 7.12. The standard InChI is InChI=1S/C17H16FN3O/c1-3-12-8-13(18)9-14(11(12)2)20-17(22)15-10-21-7-5-4-6-16(21)19-15/h4-10H,3H2,1-2H3,(H,20,22). The topological polar surface area (TPSA) is 46.4 Å². The number of halogens is 1. The molecule has 0 spiro atoms. The molecule has 5 heteroatoms. The largest absolute Gasteiger partial charge is 0.320 e. The van der Waals surface area contributed by atoms with Gasteiger partial charge in [0, 0.05) is 18.1 Å². The molecule has 2 aromatic heterocycles. The van der Waals surface area contributed by atoms with Gasteiger partial charge in [-0.1, -0.05) is 13.0 Å². The summed E-state index contributed by atoms with van der Waals surface area (Å²) in [4.78, 5) is 16.6. The molecular formula is C17H16FN3O. The minimum absolute atomic E-state index is 0.299. The van der Waals surface area contributed by atoms with Crippen LogP contribution in [0, 0.1) is 12.7 Å². The molecule has 0 aliphatic heterocycles. The summed E-state index contributed by atoms with van der Waals surface area (Å²) in [5, 5.41) is 2.75. The lowest BCUT2D eigenvalue weighted by Crippen LogP contribution is -2.14. The fourth-order valence-electron chi connectivity index (χ4n) is 2.46. The highest BCUT2D eigenvalue weighted by molar-refractivity contribution is 6.03. The number of aromatic nitrogens is 2. The highest BCUT2D eigenvalue weighted by atomic mass is 19.1. The van der Waals surface area contributed by atoms with Gasteiger partial charge < -0.3 is 9.72 Å². The lowest BCUT2D eigenvalue weighted by Gasteiger charge is -2.11. The van der Waals surface area contributed by atoms with Crippen LogP contribution in [0.5, 0.6) is 0 Å². The van der Waals surface area contributed by atoms with Crippen LogP contribution in [0.15, 0.2) is 42.7 Å². The van der Waals surface area contributed by atoms with Gasteiger partial charge in [-0.2, -0.15) is 0 Å². The van der Waals surface area contributed by atoms with Gasteiger partial charge in [-0.15, -0.1) is 0 Å². The average molecular weight is 297 g/mol. The van der Waals surface area contributed by atoms with Gasteiger partial charge >= 0.3 is 0 Å². The first-order chi connectivity index (χ1) is 10.6. The number of rotatable bonds is 3. The molecule has 0 aliphatic carbocycles.